The second-order valence-electron chi connectivity index (χ2n) is 6.70. The highest BCUT2D eigenvalue weighted by atomic mass is 32.2. The number of carbonyl (C=O) groups is 1. The van der Waals surface area contributed by atoms with Gasteiger partial charge in [0.05, 0.1) is 5.69 Å². The lowest BCUT2D eigenvalue weighted by Gasteiger charge is -2.19. The highest BCUT2D eigenvalue weighted by Crippen LogP contribution is 2.25. The maximum atomic E-state index is 12.2. The number of para-hydroxylation sites is 1. The molecular formula is C20H25NOS. The Hall–Kier alpha value is -1.74. The molecule has 0 fully saturated rings. The number of hydrogen-bond donors (Lipinski definition) is 1. The zero-order valence-corrected chi connectivity index (χ0v) is 15.2. The van der Waals surface area contributed by atoms with Crippen molar-refractivity contribution in [2.75, 3.05) is 11.6 Å². The van der Waals surface area contributed by atoms with Crippen LogP contribution in [-0.4, -0.2) is 12.2 Å². The molecule has 2 aromatic rings. The number of hydrogen-bond acceptors (Lipinski definition) is 2. The largest absolute Gasteiger partial charge is 0.325 e. The summed E-state index contributed by atoms with van der Waals surface area (Å²) in [6.07, 6.45) is 3.27. The quantitative estimate of drug-likeness (QED) is 0.757. The molecule has 0 aliphatic carbocycles. The van der Waals surface area contributed by atoms with E-state index in [2.05, 4.69) is 50.4 Å². The minimum Gasteiger partial charge on any atom is -0.325 e. The first-order valence-electron chi connectivity index (χ1n) is 7.92. The van der Waals surface area contributed by atoms with Gasteiger partial charge >= 0.3 is 0 Å². The van der Waals surface area contributed by atoms with Crippen molar-refractivity contribution in [2.24, 2.45) is 0 Å². The summed E-state index contributed by atoms with van der Waals surface area (Å²) >= 11 is 1.64. The van der Waals surface area contributed by atoms with E-state index in [1.807, 2.05) is 30.5 Å². The highest BCUT2D eigenvalue weighted by molar-refractivity contribution is 7.98. The number of carbonyl (C=O) groups excluding carboxylic acids is 1. The van der Waals surface area contributed by atoms with Gasteiger partial charge in [-0.05, 0) is 41.4 Å². The number of nitrogens with one attached hydrogen (secondary N) is 1. The second-order valence-corrected chi connectivity index (χ2v) is 7.54. The van der Waals surface area contributed by atoms with Gasteiger partial charge in [0.15, 0.2) is 0 Å². The monoisotopic (exact) mass is 327 g/mol. The number of benzene rings is 2. The Morgan fingerprint density at radius 2 is 1.70 bits per heavy atom. The average Bonchev–Trinajstić information content (AvgIpc) is 2.53. The Kier molecular flexibility index (Phi) is 5.89. The number of amides is 1. The molecular weight excluding hydrogens is 302 g/mol. The fourth-order valence-corrected chi connectivity index (χ4v) is 2.94. The van der Waals surface area contributed by atoms with Crippen molar-refractivity contribution < 1.29 is 4.79 Å². The lowest BCUT2D eigenvalue weighted by Crippen LogP contribution is -2.13. The molecule has 2 aromatic carbocycles. The van der Waals surface area contributed by atoms with E-state index in [9.17, 15) is 4.79 Å². The summed E-state index contributed by atoms with van der Waals surface area (Å²) < 4.78 is 0. The van der Waals surface area contributed by atoms with Crippen LogP contribution in [0.4, 0.5) is 5.69 Å². The van der Waals surface area contributed by atoms with Crippen molar-refractivity contribution >= 4 is 23.4 Å². The molecule has 0 spiro atoms. The molecule has 0 aromatic heterocycles. The Balaban J connectivity index is 1.92. The zero-order chi connectivity index (χ0) is 16.9. The van der Waals surface area contributed by atoms with Gasteiger partial charge in [-0.1, -0.05) is 57.2 Å². The van der Waals surface area contributed by atoms with Gasteiger partial charge in [0, 0.05) is 11.3 Å². The normalized spacial score (nSPS) is 11.3. The average molecular weight is 327 g/mol. The molecule has 0 heterocycles. The van der Waals surface area contributed by atoms with Gasteiger partial charge in [-0.3, -0.25) is 4.79 Å². The van der Waals surface area contributed by atoms with Gasteiger partial charge in [-0.25, -0.2) is 0 Å². The molecule has 1 amide bonds. The Bertz CT molecular complexity index is 656. The molecule has 3 heteroatoms. The molecule has 0 saturated heterocycles. The summed E-state index contributed by atoms with van der Waals surface area (Å²) in [6, 6.07) is 16.5. The molecule has 0 unspecified atom stereocenters. The predicted octanol–water partition coefficient (Wildman–Crippen LogP) is 5.28. The first kappa shape index (κ1) is 17.6. The highest BCUT2D eigenvalue weighted by Gasteiger charge is 2.13. The minimum absolute atomic E-state index is 0.0615. The molecule has 122 valence electrons. The first-order valence-corrected chi connectivity index (χ1v) is 9.15. The molecule has 0 saturated carbocycles. The summed E-state index contributed by atoms with van der Waals surface area (Å²) in [6.45, 7) is 6.62. The Labute approximate surface area is 143 Å². The van der Waals surface area contributed by atoms with E-state index in [-0.39, 0.29) is 11.3 Å². The van der Waals surface area contributed by atoms with E-state index in [0.29, 0.717) is 6.42 Å². The number of thioether (sulfide) groups is 1. The van der Waals surface area contributed by atoms with Crippen LogP contribution in [0.15, 0.2) is 53.4 Å². The lowest BCUT2D eigenvalue weighted by atomic mass is 9.86. The summed E-state index contributed by atoms with van der Waals surface area (Å²) in [5.74, 6) is 0.0615. The van der Waals surface area contributed by atoms with Crippen LogP contribution in [0, 0.1) is 0 Å². The molecule has 23 heavy (non-hydrogen) atoms. The zero-order valence-electron chi connectivity index (χ0n) is 14.3. The van der Waals surface area contributed by atoms with E-state index in [0.717, 1.165) is 17.0 Å². The van der Waals surface area contributed by atoms with Gasteiger partial charge in [0.25, 0.3) is 0 Å². The minimum atomic E-state index is 0.0615. The summed E-state index contributed by atoms with van der Waals surface area (Å²) in [5.41, 5.74) is 3.58. The van der Waals surface area contributed by atoms with E-state index in [1.54, 1.807) is 11.8 Å². The summed E-state index contributed by atoms with van der Waals surface area (Å²) in [7, 11) is 0. The summed E-state index contributed by atoms with van der Waals surface area (Å²) in [5, 5.41) is 3.01. The van der Waals surface area contributed by atoms with Gasteiger partial charge in [0.2, 0.25) is 5.91 Å². The third-order valence-electron chi connectivity index (χ3n) is 3.84. The standard InChI is InChI=1S/C20H25NOS/c1-20(2,3)16-12-9-15(10-13-16)11-14-19(22)21-17-7-5-6-8-18(17)23-4/h5-10,12-13H,11,14H2,1-4H3,(H,21,22). The molecule has 0 aliphatic heterocycles. The Morgan fingerprint density at radius 1 is 1.04 bits per heavy atom. The Morgan fingerprint density at radius 3 is 2.30 bits per heavy atom. The molecule has 2 rings (SSSR count). The van der Waals surface area contributed by atoms with Gasteiger partial charge in [-0.15, -0.1) is 11.8 Å². The fraction of sp³-hybridized carbons (Fsp3) is 0.350. The van der Waals surface area contributed by atoms with E-state index < -0.39 is 0 Å². The number of anilines is 1. The van der Waals surface area contributed by atoms with Crippen molar-refractivity contribution in [3.8, 4) is 0 Å². The van der Waals surface area contributed by atoms with Gasteiger partial charge < -0.3 is 5.32 Å². The van der Waals surface area contributed by atoms with E-state index >= 15 is 0 Å². The van der Waals surface area contributed by atoms with Crippen LogP contribution in [0.5, 0.6) is 0 Å². The molecule has 0 atom stereocenters. The smallest absolute Gasteiger partial charge is 0.224 e. The molecule has 0 radical (unpaired) electrons. The van der Waals surface area contributed by atoms with Gasteiger partial charge in [-0.2, -0.15) is 0 Å². The second kappa shape index (κ2) is 7.69. The number of aryl methyl sites for hydroxylation is 1. The van der Waals surface area contributed by atoms with Crippen LogP contribution in [0.3, 0.4) is 0 Å². The third kappa shape index (κ3) is 5.14. The van der Waals surface area contributed by atoms with Crippen LogP contribution >= 0.6 is 11.8 Å². The number of rotatable bonds is 5. The SMILES string of the molecule is CSc1ccccc1NC(=O)CCc1ccc(C(C)(C)C)cc1. The van der Waals surface area contributed by atoms with Crippen molar-refractivity contribution in [3.63, 3.8) is 0 Å². The van der Waals surface area contributed by atoms with Crippen LogP contribution < -0.4 is 5.32 Å². The topological polar surface area (TPSA) is 29.1 Å². The maximum absolute atomic E-state index is 12.2. The molecule has 2 nitrogen and oxygen atoms in total. The van der Waals surface area contributed by atoms with Crippen molar-refractivity contribution in [2.45, 2.75) is 43.9 Å². The first-order chi connectivity index (χ1) is 10.9. The van der Waals surface area contributed by atoms with Crippen molar-refractivity contribution in [1.29, 1.82) is 0 Å². The van der Waals surface area contributed by atoms with Gasteiger partial charge in [0.1, 0.15) is 0 Å². The lowest BCUT2D eigenvalue weighted by molar-refractivity contribution is -0.116. The van der Waals surface area contributed by atoms with E-state index in [4.69, 9.17) is 0 Å². The van der Waals surface area contributed by atoms with E-state index in [1.165, 1.54) is 11.1 Å². The fourth-order valence-electron chi connectivity index (χ4n) is 2.39. The van der Waals surface area contributed by atoms with Crippen LogP contribution in [-0.2, 0) is 16.6 Å². The van der Waals surface area contributed by atoms with Crippen molar-refractivity contribution in [1.82, 2.24) is 0 Å². The molecule has 1 N–H and O–H groups in total. The molecule has 0 bridgehead atoms. The van der Waals surface area contributed by atoms with Crippen molar-refractivity contribution in [3.05, 3.63) is 59.7 Å². The van der Waals surface area contributed by atoms with Crippen LogP contribution in [0.1, 0.15) is 38.3 Å². The van der Waals surface area contributed by atoms with Crippen LogP contribution in [0.2, 0.25) is 0 Å². The predicted molar refractivity (Wildman–Crippen MR) is 100 cm³/mol. The summed E-state index contributed by atoms with van der Waals surface area (Å²) in [4.78, 5) is 13.3. The molecule has 0 aliphatic rings. The maximum Gasteiger partial charge on any atom is 0.224 e. The van der Waals surface area contributed by atoms with Crippen LogP contribution in [0.25, 0.3) is 0 Å². The third-order valence-corrected chi connectivity index (χ3v) is 4.64.